The number of aryl methyl sites for hydroxylation is 1. The van der Waals surface area contributed by atoms with Crippen LogP contribution in [0.25, 0.3) is 11.3 Å². The Labute approximate surface area is 175 Å². The normalized spacial score (nSPS) is 11.3. The van der Waals surface area contributed by atoms with Gasteiger partial charge in [0.1, 0.15) is 0 Å². The average molecular weight is 430 g/mol. The van der Waals surface area contributed by atoms with Crippen molar-refractivity contribution in [1.82, 2.24) is 15.0 Å². The average Bonchev–Trinajstić information content (AvgIpc) is 3.15. The predicted octanol–water partition coefficient (Wildman–Crippen LogP) is 3.15. The molecule has 0 atom stereocenters. The fourth-order valence-corrected chi connectivity index (χ4v) is 4.43. The van der Waals surface area contributed by atoms with Crippen LogP contribution in [-0.2, 0) is 21.2 Å². The standard InChI is InChI=1S/C21H23N3O3S2/c1-16-24-20(15-28-16)18-9-7-17(8-10-18)11-13-22-21(25)12-14-23-29(26,27)19-5-3-2-4-6-19/h2-10,15,23H,11-14H2,1H3,(H,22,25). The van der Waals surface area contributed by atoms with Gasteiger partial charge in [-0.25, -0.2) is 18.1 Å². The lowest BCUT2D eigenvalue weighted by Gasteiger charge is -2.08. The molecule has 6 nitrogen and oxygen atoms in total. The van der Waals surface area contributed by atoms with E-state index in [4.69, 9.17) is 0 Å². The van der Waals surface area contributed by atoms with E-state index in [0.29, 0.717) is 13.0 Å². The Kier molecular flexibility index (Phi) is 7.13. The van der Waals surface area contributed by atoms with Gasteiger partial charge in [-0.05, 0) is 31.0 Å². The van der Waals surface area contributed by atoms with E-state index in [1.54, 1.807) is 29.5 Å². The summed E-state index contributed by atoms with van der Waals surface area (Å²) in [4.78, 5) is 16.6. The molecule has 0 unspecified atom stereocenters. The molecular weight excluding hydrogens is 406 g/mol. The minimum Gasteiger partial charge on any atom is -0.356 e. The Morgan fingerprint density at radius 1 is 1.03 bits per heavy atom. The van der Waals surface area contributed by atoms with Gasteiger partial charge < -0.3 is 5.32 Å². The number of thiazole rings is 1. The molecule has 0 radical (unpaired) electrons. The summed E-state index contributed by atoms with van der Waals surface area (Å²) in [7, 11) is -3.58. The molecule has 152 valence electrons. The van der Waals surface area contributed by atoms with Gasteiger partial charge in [-0.15, -0.1) is 11.3 Å². The van der Waals surface area contributed by atoms with Crippen LogP contribution in [0.1, 0.15) is 17.0 Å². The van der Waals surface area contributed by atoms with Crippen LogP contribution in [0.4, 0.5) is 0 Å². The Bertz CT molecular complexity index is 1050. The van der Waals surface area contributed by atoms with Crippen molar-refractivity contribution < 1.29 is 13.2 Å². The first kappa shape index (κ1) is 21.2. The molecule has 29 heavy (non-hydrogen) atoms. The topological polar surface area (TPSA) is 88.2 Å². The maximum Gasteiger partial charge on any atom is 0.240 e. The van der Waals surface area contributed by atoms with Crippen molar-refractivity contribution in [2.45, 2.75) is 24.7 Å². The van der Waals surface area contributed by atoms with Crippen LogP contribution < -0.4 is 10.0 Å². The number of aromatic nitrogens is 1. The minimum absolute atomic E-state index is 0.0603. The van der Waals surface area contributed by atoms with Gasteiger partial charge in [0, 0.05) is 30.5 Å². The smallest absolute Gasteiger partial charge is 0.240 e. The van der Waals surface area contributed by atoms with Gasteiger partial charge >= 0.3 is 0 Å². The van der Waals surface area contributed by atoms with E-state index in [9.17, 15) is 13.2 Å². The van der Waals surface area contributed by atoms with Gasteiger partial charge in [0.05, 0.1) is 15.6 Å². The van der Waals surface area contributed by atoms with Crippen molar-refractivity contribution in [2.75, 3.05) is 13.1 Å². The number of nitrogens with one attached hydrogen (secondary N) is 2. The van der Waals surface area contributed by atoms with Crippen molar-refractivity contribution in [3.05, 3.63) is 70.5 Å². The highest BCUT2D eigenvalue weighted by atomic mass is 32.2. The predicted molar refractivity (Wildman–Crippen MR) is 115 cm³/mol. The van der Waals surface area contributed by atoms with Gasteiger partial charge in [-0.3, -0.25) is 4.79 Å². The SMILES string of the molecule is Cc1nc(-c2ccc(CCNC(=O)CCNS(=O)(=O)c3ccccc3)cc2)cs1. The number of rotatable bonds is 9. The number of carbonyl (C=O) groups excluding carboxylic acids is 1. The molecule has 0 fully saturated rings. The fourth-order valence-electron chi connectivity index (χ4n) is 2.75. The lowest BCUT2D eigenvalue weighted by atomic mass is 10.1. The molecular formula is C21H23N3O3S2. The Morgan fingerprint density at radius 2 is 1.76 bits per heavy atom. The quantitative estimate of drug-likeness (QED) is 0.547. The first-order valence-corrected chi connectivity index (χ1v) is 11.6. The van der Waals surface area contributed by atoms with Crippen molar-refractivity contribution in [2.24, 2.45) is 0 Å². The lowest BCUT2D eigenvalue weighted by Crippen LogP contribution is -2.31. The third kappa shape index (κ3) is 6.22. The summed E-state index contributed by atoms with van der Waals surface area (Å²) in [5, 5.41) is 5.90. The number of hydrogen-bond donors (Lipinski definition) is 2. The Morgan fingerprint density at radius 3 is 2.41 bits per heavy atom. The maximum atomic E-state index is 12.1. The Hall–Kier alpha value is -2.55. The van der Waals surface area contributed by atoms with E-state index in [-0.39, 0.29) is 23.8 Å². The molecule has 2 aromatic carbocycles. The zero-order valence-electron chi connectivity index (χ0n) is 16.1. The van der Waals surface area contributed by atoms with Crippen LogP contribution in [0.5, 0.6) is 0 Å². The van der Waals surface area contributed by atoms with Crippen LogP contribution in [0, 0.1) is 6.92 Å². The summed E-state index contributed by atoms with van der Waals surface area (Å²) >= 11 is 1.63. The summed E-state index contributed by atoms with van der Waals surface area (Å²) in [6, 6.07) is 16.2. The van der Waals surface area contributed by atoms with Crippen LogP contribution in [0.15, 0.2) is 64.9 Å². The largest absolute Gasteiger partial charge is 0.356 e. The molecule has 8 heteroatoms. The molecule has 0 bridgehead atoms. The number of hydrogen-bond acceptors (Lipinski definition) is 5. The number of amides is 1. The highest BCUT2D eigenvalue weighted by Crippen LogP contribution is 2.21. The molecule has 0 saturated heterocycles. The summed E-state index contributed by atoms with van der Waals surface area (Å²) in [6.07, 6.45) is 0.798. The second-order valence-corrected chi connectivity index (χ2v) is 9.34. The number of benzene rings is 2. The van der Waals surface area contributed by atoms with E-state index in [1.165, 1.54) is 12.1 Å². The van der Waals surface area contributed by atoms with E-state index < -0.39 is 10.0 Å². The van der Waals surface area contributed by atoms with Crippen molar-refractivity contribution in [3.8, 4) is 11.3 Å². The number of carbonyl (C=O) groups is 1. The van der Waals surface area contributed by atoms with Gasteiger partial charge in [-0.2, -0.15) is 0 Å². The summed E-state index contributed by atoms with van der Waals surface area (Å²) in [5.74, 6) is -0.185. The molecule has 1 heterocycles. The van der Waals surface area contributed by atoms with Gasteiger partial charge in [0.15, 0.2) is 0 Å². The zero-order chi connectivity index (χ0) is 20.7. The summed E-state index contributed by atoms with van der Waals surface area (Å²) in [5.41, 5.74) is 3.17. The van der Waals surface area contributed by atoms with Crippen molar-refractivity contribution in [1.29, 1.82) is 0 Å². The molecule has 3 rings (SSSR count). The number of sulfonamides is 1. The third-order valence-corrected chi connectivity index (χ3v) is 6.55. The Balaban J connectivity index is 1.39. The molecule has 0 spiro atoms. The van der Waals surface area contributed by atoms with Crippen LogP contribution in [-0.4, -0.2) is 32.4 Å². The molecule has 2 N–H and O–H groups in total. The third-order valence-electron chi connectivity index (χ3n) is 4.30. The lowest BCUT2D eigenvalue weighted by molar-refractivity contribution is -0.120. The van der Waals surface area contributed by atoms with Crippen molar-refractivity contribution >= 4 is 27.3 Å². The molecule has 0 saturated carbocycles. The van der Waals surface area contributed by atoms with Gasteiger partial charge in [-0.1, -0.05) is 42.5 Å². The summed E-state index contributed by atoms with van der Waals surface area (Å²) in [6.45, 7) is 2.54. The summed E-state index contributed by atoms with van der Waals surface area (Å²) < 4.78 is 26.6. The van der Waals surface area contributed by atoms with E-state index in [2.05, 4.69) is 15.0 Å². The zero-order valence-corrected chi connectivity index (χ0v) is 17.7. The van der Waals surface area contributed by atoms with Crippen LogP contribution in [0.2, 0.25) is 0 Å². The maximum absolute atomic E-state index is 12.1. The molecule has 1 aromatic heterocycles. The van der Waals surface area contributed by atoms with Gasteiger partial charge in [0.2, 0.25) is 15.9 Å². The van der Waals surface area contributed by atoms with Gasteiger partial charge in [0.25, 0.3) is 0 Å². The molecule has 0 aliphatic carbocycles. The first-order valence-electron chi connectivity index (χ1n) is 9.27. The second-order valence-electron chi connectivity index (χ2n) is 6.51. The molecule has 1 amide bonds. The van der Waals surface area contributed by atoms with E-state index in [1.807, 2.05) is 36.6 Å². The number of nitrogens with zero attached hydrogens (tertiary/aromatic N) is 1. The highest BCUT2D eigenvalue weighted by molar-refractivity contribution is 7.89. The van der Waals surface area contributed by atoms with Crippen LogP contribution in [0.3, 0.4) is 0 Å². The molecule has 0 aliphatic rings. The fraction of sp³-hybridized carbons (Fsp3) is 0.238. The van der Waals surface area contributed by atoms with E-state index >= 15 is 0 Å². The molecule has 0 aliphatic heterocycles. The second kappa shape index (κ2) is 9.78. The molecule has 3 aromatic rings. The van der Waals surface area contributed by atoms with Crippen molar-refractivity contribution in [3.63, 3.8) is 0 Å². The first-order chi connectivity index (χ1) is 13.9. The van der Waals surface area contributed by atoms with Crippen LogP contribution >= 0.6 is 11.3 Å². The van der Waals surface area contributed by atoms with E-state index in [0.717, 1.165) is 21.8 Å². The highest BCUT2D eigenvalue weighted by Gasteiger charge is 2.13. The monoisotopic (exact) mass is 429 g/mol. The minimum atomic E-state index is -3.58.